The Kier molecular flexibility index (Phi) is 5.21. The van der Waals surface area contributed by atoms with Gasteiger partial charge in [0.2, 0.25) is 0 Å². The molecule has 0 amide bonds. The number of rotatable bonds is 1. The van der Waals surface area contributed by atoms with Crippen LogP contribution in [0.3, 0.4) is 0 Å². The van der Waals surface area contributed by atoms with Gasteiger partial charge < -0.3 is 0 Å². The molecule has 0 radical (unpaired) electrons. The molecular weight excluding hydrogens is 214 g/mol. The zero-order chi connectivity index (χ0) is 11.2. The molecule has 1 heterocycles. The average molecular weight is 222 g/mol. The van der Waals surface area contributed by atoms with Crippen molar-refractivity contribution in [3.63, 3.8) is 0 Å². The lowest BCUT2D eigenvalue weighted by molar-refractivity contribution is -2.00. The lowest BCUT2D eigenvalue weighted by atomic mass is 10.2. The van der Waals surface area contributed by atoms with Crippen molar-refractivity contribution < 1.29 is 38.7 Å². The molecule has 0 spiro atoms. The van der Waals surface area contributed by atoms with Crippen molar-refractivity contribution in [2.45, 2.75) is 6.92 Å². The fourth-order valence-electron chi connectivity index (χ4n) is 0.622. The number of hydrogen-bond acceptors (Lipinski definition) is 5. The predicted molar refractivity (Wildman–Crippen MR) is 33.0 cm³/mol. The van der Waals surface area contributed by atoms with Gasteiger partial charge >= 0.3 is 0 Å². The summed E-state index contributed by atoms with van der Waals surface area (Å²) >= 11 is 0. The quantitative estimate of drug-likeness (QED) is 0.447. The number of pyridine rings is 1. The van der Waals surface area contributed by atoms with Gasteiger partial charge in [0.1, 0.15) is 0 Å². The van der Waals surface area contributed by atoms with Gasteiger partial charge in [-0.1, -0.05) is 0 Å². The van der Waals surface area contributed by atoms with E-state index in [1.54, 1.807) is 31.5 Å². The Labute approximate surface area is 82.2 Å². The second-order valence-corrected chi connectivity index (χ2v) is 2.98. The van der Waals surface area contributed by atoms with E-state index in [4.69, 9.17) is 18.6 Å². The number of carbonyl (C=O) groups excluding carboxylic acids is 1. The number of Topliss-reactive ketones (excluding diaryl/α,β-unsaturated/α-hetero) is 1. The molecule has 1 N–H and O–H groups in total. The van der Waals surface area contributed by atoms with E-state index in [-0.39, 0.29) is 5.78 Å². The van der Waals surface area contributed by atoms with Crippen LogP contribution in [-0.2, 0) is 0 Å². The molecule has 0 aliphatic carbocycles. The highest BCUT2D eigenvalue weighted by molar-refractivity contribution is 5.93. The van der Waals surface area contributed by atoms with Crippen molar-refractivity contribution in [1.82, 2.24) is 0 Å². The Morgan fingerprint density at radius 3 is 1.79 bits per heavy atom. The van der Waals surface area contributed by atoms with E-state index < -0.39 is 10.2 Å². The lowest BCUT2D eigenvalue weighted by Gasteiger charge is -2.17. The van der Waals surface area contributed by atoms with E-state index in [2.05, 4.69) is 4.98 Å². The van der Waals surface area contributed by atoms with Crippen LogP contribution < -0.4 is 23.6 Å². The number of nitrogens with one attached hydrogen (secondary N) is 1. The van der Waals surface area contributed by atoms with Gasteiger partial charge in [0.25, 0.3) is 0 Å². The highest BCUT2D eigenvalue weighted by Crippen LogP contribution is 1.93. The fourth-order valence-corrected chi connectivity index (χ4v) is 0.622. The third-order valence-electron chi connectivity index (χ3n) is 1.12. The standard InChI is InChI=1S/C7H7NO.ClHO4/c1-6(9)7-2-4-8-5-3-7;2-1(3,4)5/h2-5H,1H3;(H,2,3,4,5). The molecule has 0 bridgehead atoms. The van der Waals surface area contributed by atoms with E-state index in [0.29, 0.717) is 0 Å². The van der Waals surface area contributed by atoms with Gasteiger partial charge in [-0.2, -0.15) is 0 Å². The highest BCUT2D eigenvalue weighted by Gasteiger charge is 1.96. The van der Waals surface area contributed by atoms with Crippen LogP contribution in [0.2, 0.25) is 0 Å². The summed E-state index contributed by atoms with van der Waals surface area (Å²) in [5, 5.41) is 0. The van der Waals surface area contributed by atoms with Gasteiger partial charge in [-0.25, -0.2) is 23.6 Å². The molecular formula is C7H8ClNO5. The van der Waals surface area contributed by atoms with Crippen LogP contribution in [0.25, 0.3) is 0 Å². The molecule has 1 aromatic heterocycles. The van der Waals surface area contributed by atoms with E-state index in [1.807, 2.05) is 0 Å². The van der Waals surface area contributed by atoms with Crippen LogP contribution in [0.1, 0.15) is 17.3 Å². The maximum Gasteiger partial charge on any atom is 0.167 e. The van der Waals surface area contributed by atoms with Crippen molar-refractivity contribution in [3.05, 3.63) is 30.1 Å². The maximum absolute atomic E-state index is 10.6. The number of H-pyrrole nitrogens is 1. The maximum atomic E-state index is 10.6. The van der Waals surface area contributed by atoms with E-state index in [0.717, 1.165) is 5.56 Å². The summed E-state index contributed by atoms with van der Waals surface area (Å²) in [6.45, 7) is 1.55. The largest absolute Gasteiger partial charge is 0.295 e. The zero-order valence-corrected chi connectivity index (χ0v) is 7.98. The summed E-state index contributed by atoms with van der Waals surface area (Å²) in [6, 6.07) is 3.50. The minimum atomic E-state index is -4.94. The molecule has 0 unspecified atom stereocenters. The van der Waals surface area contributed by atoms with Gasteiger partial charge in [-0.3, -0.25) is 4.79 Å². The minimum absolute atomic E-state index is 0.101. The van der Waals surface area contributed by atoms with Crippen LogP contribution in [0.15, 0.2) is 24.5 Å². The molecule has 0 saturated carbocycles. The summed E-state index contributed by atoms with van der Waals surface area (Å²) in [4.78, 5) is 13.5. The number of halogens is 1. The molecule has 0 saturated heterocycles. The minimum Gasteiger partial charge on any atom is -0.295 e. The number of ketones is 1. The summed E-state index contributed by atoms with van der Waals surface area (Å²) in [6.07, 6.45) is 3.47. The highest BCUT2D eigenvalue weighted by atomic mass is 35.7. The monoisotopic (exact) mass is 221 g/mol. The van der Waals surface area contributed by atoms with Crippen molar-refractivity contribution in [3.8, 4) is 0 Å². The van der Waals surface area contributed by atoms with Crippen LogP contribution in [0.4, 0.5) is 0 Å². The molecule has 0 aliphatic rings. The van der Waals surface area contributed by atoms with Crippen molar-refractivity contribution in [2.24, 2.45) is 0 Å². The first kappa shape index (κ1) is 12.9. The van der Waals surface area contributed by atoms with E-state index in [9.17, 15) is 4.79 Å². The second kappa shape index (κ2) is 5.63. The number of aromatic nitrogens is 1. The van der Waals surface area contributed by atoms with Gasteiger partial charge in [0.05, 0.1) is 0 Å². The number of aromatic amines is 1. The third kappa shape index (κ3) is 9.04. The molecule has 78 valence electrons. The van der Waals surface area contributed by atoms with Crippen LogP contribution in [-0.4, -0.2) is 5.78 Å². The van der Waals surface area contributed by atoms with Crippen LogP contribution in [0.5, 0.6) is 0 Å². The van der Waals surface area contributed by atoms with Gasteiger partial charge in [0.15, 0.2) is 18.2 Å². The SMILES string of the molecule is CC(=O)c1cc[nH+]cc1.[O-][Cl+3]([O-])([O-])[O-]. The summed E-state index contributed by atoms with van der Waals surface area (Å²) < 4.78 is 34.0. The van der Waals surface area contributed by atoms with Crippen molar-refractivity contribution in [2.75, 3.05) is 0 Å². The summed E-state index contributed by atoms with van der Waals surface area (Å²) in [5.41, 5.74) is 0.744. The molecule has 1 rings (SSSR count). The number of carbonyl (C=O) groups is 1. The second-order valence-electron chi connectivity index (χ2n) is 2.22. The molecule has 14 heavy (non-hydrogen) atoms. The van der Waals surface area contributed by atoms with E-state index >= 15 is 0 Å². The molecule has 0 aromatic carbocycles. The Morgan fingerprint density at radius 2 is 1.57 bits per heavy atom. The fraction of sp³-hybridized carbons (Fsp3) is 0.143. The van der Waals surface area contributed by atoms with Crippen LogP contribution in [0, 0.1) is 10.2 Å². The molecule has 0 aliphatic heterocycles. The third-order valence-corrected chi connectivity index (χ3v) is 1.12. The zero-order valence-electron chi connectivity index (χ0n) is 7.23. The van der Waals surface area contributed by atoms with Gasteiger partial charge in [0, 0.05) is 17.7 Å². The smallest absolute Gasteiger partial charge is 0.167 e. The van der Waals surface area contributed by atoms with Gasteiger partial charge in [-0.15, -0.1) is 10.2 Å². The first-order valence-corrected chi connectivity index (χ1v) is 4.63. The predicted octanol–water partition coefficient (Wildman–Crippen LogP) is -4.05. The first-order valence-electron chi connectivity index (χ1n) is 3.39. The molecule has 0 fully saturated rings. The van der Waals surface area contributed by atoms with Crippen LogP contribution >= 0.6 is 0 Å². The first-order chi connectivity index (χ1) is 6.30. The Balaban J connectivity index is 0.000000292. The molecule has 7 heteroatoms. The normalized spacial score (nSPS) is 10.1. The Bertz CT molecular complexity index is 278. The van der Waals surface area contributed by atoms with Gasteiger partial charge in [-0.05, 0) is 6.92 Å². The molecule has 0 atom stereocenters. The number of hydrogen-bond donors (Lipinski definition) is 0. The molecule has 6 nitrogen and oxygen atoms in total. The summed E-state index contributed by atoms with van der Waals surface area (Å²) in [7, 11) is -4.94. The van der Waals surface area contributed by atoms with Crippen molar-refractivity contribution in [1.29, 1.82) is 0 Å². The lowest BCUT2D eigenvalue weighted by Crippen LogP contribution is -2.68. The summed E-state index contributed by atoms with van der Waals surface area (Å²) in [5.74, 6) is 0.101. The molecule has 1 aromatic rings. The van der Waals surface area contributed by atoms with E-state index in [1.165, 1.54) is 0 Å². The average Bonchev–Trinajstić information content (AvgIpc) is 2.03. The van der Waals surface area contributed by atoms with Crippen molar-refractivity contribution >= 4 is 5.78 Å². The Hall–Kier alpha value is -1.05. The Morgan fingerprint density at radius 1 is 1.21 bits per heavy atom. The topological polar surface area (TPSA) is 123 Å².